The number of rotatable bonds is 2. The molecule has 12 heavy (non-hydrogen) atoms. The summed E-state index contributed by atoms with van der Waals surface area (Å²) in [6.07, 6.45) is 0. The lowest BCUT2D eigenvalue weighted by molar-refractivity contribution is 0.402. The monoisotopic (exact) mass is 295 g/mol. The van der Waals surface area contributed by atoms with E-state index >= 15 is 0 Å². The van der Waals surface area contributed by atoms with Gasteiger partial charge in [0, 0.05) is 10.1 Å². The van der Waals surface area contributed by atoms with Crippen molar-refractivity contribution in [1.82, 2.24) is 4.90 Å². The van der Waals surface area contributed by atoms with Crippen LogP contribution in [0.25, 0.3) is 0 Å². The van der Waals surface area contributed by atoms with Gasteiger partial charge in [-0.05, 0) is 48.3 Å². The third kappa shape index (κ3) is 2.61. The van der Waals surface area contributed by atoms with Crippen LogP contribution in [0, 0.1) is 3.57 Å². The van der Waals surface area contributed by atoms with Gasteiger partial charge in [-0.3, -0.25) is 0 Å². The Bertz CT molecular complexity index is 273. The third-order valence-corrected chi connectivity index (χ3v) is 3.18. The Morgan fingerprint density at radius 2 is 2.08 bits per heavy atom. The maximum atomic E-state index is 6.10. The molecule has 3 heteroatoms. The molecule has 0 spiro atoms. The highest BCUT2D eigenvalue weighted by Gasteiger charge is 2.03. The largest absolute Gasteiger partial charge is 0.305 e. The lowest BCUT2D eigenvalue weighted by Crippen LogP contribution is -2.11. The Kier molecular flexibility index (Phi) is 3.80. The van der Waals surface area contributed by atoms with E-state index in [9.17, 15) is 0 Å². The van der Waals surface area contributed by atoms with Gasteiger partial charge in [-0.25, -0.2) is 0 Å². The average molecular weight is 296 g/mol. The van der Waals surface area contributed by atoms with E-state index in [0.717, 1.165) is 15.1 Å². The predicted octanol–water partition coefficient (Wildman–Crippen LogP) is 3.01. The summed E-state index contributed by atoms with van der Waals surface area (Å²) in [5.74, 6) is 0. The SMILES string of the molecule is CN(C)Cc1cccc(I)c1Cl. The standard InChI is InChI=1S/C9H11ClIN/c1-12(2)6-7-4-3-5-8(11)9(7)10/h3-5H,6H2,1-2H3. The molecule has 1 aromatic carbocycles. The maximum absolute atomic E-state index is 6.10. The van der Waals surface area contributed by atoms with Crippen LogP contribution in [0.4, 0.5) is 0 Å². The number of hydrogen-bond donors (Lipinski definition) is 0. The fourth-order valence-electron chi connectivity index (χ4n) is 1.01. The molecule has 0 heterocycles. The first kappa shape index (κ1) is 10.3. The van der Waals surface area contributed by atoms with Crippen molar-refractivity contribution < 1.29 is 0 Å². The van der Waals surface area contributed by atoms with Gasteiger partial charge in [-0.15, -0.1) is 0 Å². The third-order valence-electron chi connectivity index (χ3n) is 1.52. The van der Waals surface area contributed by atoms with Gasteiger partial charge in [0.1, 0.15) is 0 Å². The van der Waals surface area contributed by atoms with E-state index in [4.69, 9.17) is 11.6 Å². The molecule has 0 atom stereocenters. The molecule has 1 aromatic rings. The molecule has 0 bridgehead atoms. The molecule has 0 fully saturated rings. The zero-order valence-corrected chi connectivity index (χ0v) is 10.1. The van der Waals surface area contributed by atoms with Gasteiger partial charge in [0.25, 0.3) is 0 Å². The summed E-state index contributed by atoms with van der Waals surface area (Å²) < 4.78 is 1.12. The average Bonchev–Trinajstić information content (AvgIpc) is 1.98. The topological polar surface area (TPSA) is 3.24 Å². The highest BCUT2D eigenvalue weighted by molar-refractivity contribution is 14.1. The molecule has 1 rings (SSSR count). The second-order valence-corrected chi connectivity index (χ2v) is 4.49. The van der Waals surface area contributed by atoms with Crippen molar-refractivity contribution in [2.75, 3.05) is 14.1 Å². The first-order valence-corrected chi connectivity index (χ1v) is 5.14. The molecule has 66 valence electrons. The van der Waals surface area contributed by atoms with E-state index in [1.54, 1.807) is 0 Å². The van der Waals surface area contributed by atoms with Crippen LogP contribution in [0.5, 0.6) is 0 Å². The van der Waals surface area contributed by atoms with Crippen molar-refractivity contribution in [1.29, 1.82) is 0 Å². The zero-order valence-electron chi connectivity index (χ0n) is 7.14. The Balaban J connectivity index is 2.92. The van der Waals surface area contributed by atoms with Crippen molar-refractivity contribution >= 4 is 34.2 Å². The predicted molar refractivity (Wildman–Crippen MR) is 61.6 cm³/mol. The molecule has 0 aliphatic carbocycles. The Morgan fingerprint density at radius 1 is 1.42 bits per heavy atom. The lowest BCUT2D eigenvalue weighted by atomic mass is 10.2. The number of benzene rings is 1. The van der Waals surface area contributed by atoms with Gasteiger partial charge in [-0.2, -0.15) is 0 Å². The molecule has 0 saturated heterocycles. The number of halogens is 2. The van der Waals surface area contributed by atoms with Crippen molar-refractivity contribution in [3.63, 3.8) is 0 Å². The minimum Gasteiger partial charge on any atom is -0.305 e. The van der Waals surface area contributed by atoms with Crippen molar-refractivity contribution in [3.8, 4) is 0 Å². The molecular weight excluding hydrogens is 284 g/mol. The Labute approximate surface area is 91.9 Å². The minimum absolute atomic E-state index is 0.881. The van der Waals surface area contributed by atoms with E-state index in [1.165, 1.54) is 5.56 Å². The van der Waals surface area contributed by atoms with Crippen molar-refractivity contribution in [2.45, 2.75) is 6.54 Å². The summed E-state index contributed by atoms with van der Waals surface area (Å²) in [5, 5.41) is 0.881. The maximum Gasteiger partial charge on any atom is 0.0584 e. The number of hydrogen-bond acceptors (Lipinski definition) is 1. The zero-order chi connectivity index (χ0) is 9.14. The minimum atomic E-state index is 0.881. The smallest absolute Gasteiger partial charge is 0.0584 e. The molecule has 0 amide bonds. The molecule has 0 aliphatic rings. The fourth-order valence-corrected chi connectivity index (χ4v) is 1.75. The van der Waals surface area contributed by atoms with Crippen LogP contribution in [0.2, 0.25) is 5.02 Å². The highest BCUT2D eigenvalue weighted by Crippen LogP contribution is 2.23. The first-order valence-electron chi connectivity index (χ1n) is 3.69. The second-order valence-electron chi connectivity index (χ2n) is 2.95. The van der Waals surface area contributed by atoms with Crippen LogP contribution < -0.4 is 0 Å². The van der Waals surface area contributed by atoms with E-state index in [0.29, 0.717) is 0 Å². The second kappa shape index (κ2) is 4.44. The quantitative estimate of drug-likeness (QED) is 0.758. The molecule has 0 aromatic heterocycles. The van der Waals surface area contributed by atoms with Crippen LogP contribution in [0.1, 0.15) is 5.56 Å². The fraction of sp³-hybridized carbons (Fsp3) is 0.333. The summed E-state index contributed by atoms with van der Waals surface area (Å²) in [4.78, 5) is 2.11. The normalized spacial score (nSPS) is 10.8. The Morgan fingerprint density at radius 3 is 2.67 bits per heavy atom. The van der Waals surface area contributed by atoms with E-state index in [1.807, 2.05) is 26.2 Å². The molecule has 0 unspecified atom stereocenters. The summed E-state index contributed by atoms with van der Waals surface area (Å²) in [5.41, 5.74) is 1.19. The molecule has 0 saturated carbocycles. The Hall–Kier alpha value is 0.200. The molecule has 1 nitrogen and oxygen atoms in total. The van der Waals surface area contributed by atoms with E-state index in [2.05, 4.69) is 33.6 Å². The summed E-state index contributed by atoms with van der Waals surface area (Å²) in [6, 6.07) is 6.11. The van der Waals surface area contributed by atoms with Crippen LogP contribution in [0.3, 0.4) is 0 Å². The van der Waals surface area contributed by atoms with Crippen LogP contribution in [0.15, 0.2) is 18.2 Å². The van der Waals surface area contributed by atoms with Crippen molar-refractivity contribution in [3.05, 3.63) is 32.4 Å². The van der Waals surface area contributed by atoms with Gasteiger partial charge >= 0.3 is 0 Å². The van der Waals surface area contributed by atoms with E-state index < -0.39 is 0 Å². The molecular formula is C9H11ClIN. The van der Waals surface area contributed by atoms with Crippen LogP contribution >= 0.6 is 34.2 Å². The van der Waals surface area contributed by atoms with Gasteiger partial charge in [0.2, 0.25) is 0 Å². The van der Waals surface area contributed by atoms with E-state index in [-0.39, 0.29) is 0 Å². The number of nitrogens with zero attached hydrogens (tertiary/aromatic N) is 1. The summed E-state index contributed by atoms with van der Waals surface area (Å²) >= 11 is 8.35. The molecule has 0 radical (unpaired) electrons. The van der Waals surface area contributed by atoms with Gasteiger partial charge in [0.05, 0.1) is 5.02 Å². The van der Waals surface area contributed by atoms with Crippen molar-refractivity contribution in [2.24, 2.45) is 0 Å². The molecule has 0 N–H and O–H groups in total. The lowest BCUT2D eigenvalue weighted by Gasteiger charge is -2.11. The summed E-state index contributed by atoms with van der Waals surface area (Å²) in [6.45, 7) is 0.898. The van der Waals surface area contributed by atoms with Gasteiger partial charge in [0.15, 0.2) is 0 Å². The first-order chi connectivity index (χ1) is 5.61. The highest BCUT2D eigenvalue weighted by atomic mass is 127. The van der Waals surface area contributed by atoms with Crippen LogP contribution in [-0.4, -0.2) is 19.0 Å². The van der Waals surface area contributed by atoms with Gasteiger partial charge < -0.3 is 4.90 Å². The van der Waals surface area contributed by atoms with Crippen LogP contribution in [-0.2, 0) is 6.54 Å². The molecule has 0 aliphatic heterocycles. The summed E-state index contributed by atoms with van der Waals surface area (Å²) in [7, 11) is 4.08. The van der Waals surface area contributed by atoms with Gasteiger partial charge in [-0.1, -0.05) is 23.7 Å².